The van der Waals surface area contributed by atoms with Gasteiger partial charge in [0.15, 0.2) is 5.78 Å². The van der Waals surface area contributed by atoms with E-state index < -0.39 is 0 Å². The molecule has 0 bridgehead atoms. The highest BCUT2D eigenvalue weighted by Gasteiger charge is 2.21. The summed E-state index contributed by atoms with van der Waals surface area (Å²) in [7, 11) is 1.60. The van der Waals surface area contributed by atoms with Gasteiger partial charge in [0.2, 0.25) is 0 Å². The first-order chi connectivity index (χ1) is 8.56. The van der Waals surface area contributed by atoms with Crippen LogP contribution in [-0.2, 0) is 0 Å². The molecule has 1 heterocycles. The SMILES string of the molecule is COc1c(C)cc(Br)c(C)c1C(=O)c1ccsc1. The lowest BCUT2D eigenvalue weighted by atomic mass is 9.97. The third-order valence-electron chi connectivity index (χ3n) is 2.88. The van der Waals surface area contributed by atoms with E-state index in [1.807, 2.05) is 36.7 Å². The maximum Gasteiger partial charge on any atom is 0.197 e. The van der Waals surface area contributed by atoms with Crippen molar-refractivity contribution in [3.8, 4) is 5.75 Å². The Balaban J connectivity index is 2.66. The van der Waals surface area contributed by atoms with Gasteiger partial charge in [-0.15, -0.1) is 0 Å². The van der Waals surface area contributed by atoms with Crippen LogP contribution in [0.15, 0.2) is 27.4 Å². The van der Waals surface area contributed by atoms with E-state index in [1.54, 1.807) is 7.11 Å². The van der Waals surface area contributed by atoms with E-state index in [9.17, 15) is 4.79 Å². The van der Waals surface area contributed by atoms with Crippen LogP contribution >= 0.6 is 27.3 Å². The summed E-state index contributed by atoms with van der Waals surface area (Å²) < 4.78 is 6.32. The molecular weight excluding hydrogens is 312 g/mol. The van der Waals surface area contributed by atoms with Gasteiger partial charge in [-0.25, -0.2) is 0 Å². The number of thiophene rings is 1. The second kappa shape index (κ2) is 5.24. The minimum Gasteiger partial charge on any atom is -0.496 e. The molecule has 18 heavy (non-hydrogen) atoms. The van der Waals surface area contributed by atoms with Gasteiger partial charge in [0, 0.05) is 15.4 Å². The predicted octanol–water partition coefficient (Wildman–Crippen LogP) is 4.37. The Hall–Kier alpha value is -1.13. The lowest BCUT2D eigenvalue weighted by Gasteiger charge is -2.14. The van der Waals surface area contributed by atoms with Crippen molar-refractivity contribution in [1.82, 2.24) is 0 Å². The van der Waals surface area contributed by atoms with Gasteiger partial charge in [0.25, 0.3) is 0 Å². The summed E-state index contributed by atoms with van der Waals surface area (Å²) in [5, 5.41) is 3.76. The summed E-state index contributed by atoms with van der Waals surface area (Å²) in [6.07, 6.45) is 0. The summed E-state index contributed by atoms with van der Waals surface area (Å²) in [6, 6.07) is 3.81. The van der Waals surface area contributed by atoms with Crippen molar-refractivity contribution in [3.05, 3.63) is 49.6 Å². The molecule has 4 heteroatoms. The first-order valence-electron chi connectivity index (χ1n) is 5.46. The quantitative estimate of drug-likeness (QED) is 0.784. The molecule has 2 aromatic rings. The van der Waals surface area contributed by atoms with Gasteiger partial charge in [-0.1, -0.05) is 15.9 Å². The number of carbonyl (C=O) groups is 1. The van der Waals surface area contributed by atoms with Crippen LogP contribution in [0.1, 0.15) is 27.0 Å². The fraction of sp³-hybridized carbons (Fsp3) is 0.214. The Morgan fingerprint density at radius 3 is 2.67 bits per heavy atom. The number of hydrogen-bond acceptors (Lipinski definition) is 3. The van der Waals surface area contributed by atoms with Crippen molar-refractivity contribution < 1.29 is 9.53 Å². The molecule has 0 spiro atoms. The standard InChI is InChI=1S/C14H13BrO2S/c1-8-6-11(15)9(2)12(14(8)17-3)13(16)10-4-5-18-7-10/h4-7H,1-3H3. The van der Waals surface area contributed by atoms with E-state index in [4.69, 9.17) is 4.74 Å². The second-order valence-electron chi connectivity index (χ2n) is 4.05. The zero-order chi connectivity index (χ0) is 13.3. The average molecular weight is 325 g/mol. The topological polar surface area (TPSA) is 26.3 Å². The van der Waals surface area contributed by atoms with Gasteiger partial charge in [0.05, 0.1) is 12.7 Å². The molecule has 0 fully saturated rings. The van der Waals surface area contributed by atoms with E-state index in [1.165, 1.54) is 11.3 Å². The minimum atomic E-state index is 0.00926. The third kappa shape index (κ3) is 2.22. The lowest BCUT2D eigenvalue weighted by molar-refractivity contribution is 0.103. The molecule has 0 unspecified atom stereocenters. The Labute approximate surface area is 119 Å². The number of ether oxygens (including phenoxy) is 1. The number of methoxy groups -OCH3 is 1. The van der Waals surface area contributed by atoms with Gasteiger partial charge in [-0.3, -0.25) is 4.79 Å². The number of halogens is 1. The fourth-order valence-corrected chi connectivity index (χ4v) is 3.10. The van der Waals surface area contributed by atoms with Gasteiger partial charge in [0.1, 0.15) is 5.75 Å². The number of rotatable bonds is 3. The van der Waals surface area contributed by atoms with Crippen LogP contribution in [0.4, 0.5) is 0 Å². The number of benzene rings is 1. The maximum absolute atomic E-state index is 12.5. The summed E-state index contributed by atoms with van der Waals surface area (Å²) in [6.45, 7) is 3.86. The monoisotopic (exact) mass is 324 g/mol. The number of carbonyl (C=O) groups excluding carboxylic acids is 1. The van der Waals surface area contributed by atoms with Gasteiger partial charge < -0.3 is 4.74 Å². The number of hydrogen-bond donors (Lipinski definition) is 0. The second-order valence-corrected chi connectivity index (χ2v) is 5.68. The van der Waals surface area contributed by atoms with Crippen LogP contribution in [0, 0.1) is 13.8 Å². The highest BCUT2D eigenvalue weighted by atomic mass is 79.9. The van der Waals surface area contributed by atoms with Crippen molar-refractivity contribution in [2.75, 3.05) is 7.11 Å². The summed E-state index contributed by atoms with van der Waals surface area (Å²) in [5.74, 6) is 0.668. The molecule has 94 valence electrons. The molecule has 0 amide bonds. The summed E-state index contributed by atoms with van der Waals surface area (Å²) >= 11 is 5.00. The molecule has 0 saturated carbocycles. The third-order valence-corrected chi connectivity index (χ3v) is 4.38. The largest absolute Gasteiger partial charge is 0.496 e. The van der Waals surface area contributed by atoms with Crippen LogP contribution in [-0.4, -0.2) is 12.9 Å². The molecular formula is C14H13BrO2S. The van der Waals surface area contributed by atoms with Crippen molar-refractivity contribution >= 4 is 33.0 Å². The molecule has 0 aliphatic rings. The normalized spacial score (nSPS) is 10.4. The first-order valence-corrected chi connectivity index (χ1v) is 7.20. The first kappa shape index (κ1) is 13.3. The van der Waals surface area contributed by atoms with E-state index >= 15 is 0 Å². The fourth-order valence-electron chi connectivity index (χ4n) is 1.93. The van der Waals surface area contributed by atoms with Gasteiger partial charge in [-0.05, 0) is 42.5 Å². The highest BCUT2D eigenvalue weighted by molar-refractivity contribution is 9.10. The number of aryl methyl sites for hydroxylation is 1. The predicted molar refractivity (Wildman–Crippen MR) is 77.9 cm³/mol. The minimum absolute atomic E-state index is 0.00926. The Morgan fingerprint density at radius 1 is 1.39 bits per heavy atom. The van der Waals surface area contributed by atoms with Crippen molar-refractivity contribution in [1.29, 1.82) is 0 Å². The van der Waals surface area contributed by atoms with Gasteiger partial charge >= 0.3 is 0 Å². The Bertz CT molecular complexity index is 588. The Kier molecular flexibility index (Phi) is 3.88. The van der Waals surface area contributed by atoms with E-state index in [2.05, 4.69) is 15.9 Å². The molecule has 0 aliphatic carbocycles. The van der Waals surface area contributed by atoms with Crippen LogP contribution in [0.2, 0.25) is 0 Å². The Morgan fingerprint density at radius 2 is 2.11 bits per heavy atom. The van der Waals surface area contributed by atoms with Crippen molar-refractivity contribution in [2.24, 2.45) is 0 Å². The maximum atomic E-state index is 12.5. The smallest absolute Gasteiger partial charge is 0.197 e. The van der Waals surface area contributed by atoms with Crippen molar-refractivity contribution in [2.45, 2.75) is 13.8 Å². The number of ketones is 1. The molecule has 0 saturated heterocycles. The molecule has 0 radical (unpaired) electrons. The lowest BCUT2D eigenvalue weighted by Crippen LogP contribution is -2.07. The molecule has 1 aromatic carbocycles. The zero-order valence-corrected chi connectivity index (χ0v) is 12.8. The van der Waals surface area contributed by atoms with E-state index in [-0.39, 0.29) is 5.78 Å². The van der Waals surface area contributed by atoms with E-state index in [0.717, 1.165) is 15.6 Å². The molecule has 2 rings (SSSR count). The molecule has 1 aromatic heterocycles. The van der Waals surface area contributed by atoms with Crippen LogP contribution in [0.5, 0.6) is 5.75 Å². The molecule has 0 atom stereocenters. The molecule has 0 N–H and O–H groups in total. The molecule has 0 aliphatic heterocycles. The van der Waals surface area contributed by atoms with Crippen molar-refractivity contribution in [3.63, 3.8) is 0 Å². The van der Waals surface area contributed by atoms with Crippen LogP contribution in [0.25, 0.3) is 0 Å². The summed E-state index contributed by atoms with van der Waals surface area (Å²) in [4.78, 5) is 12.5. The molecule has 2 nitrogen and oxygen atoms in total. The zero-order valence-electron chi connectivity index (χ0n) is 10.4. The van der Waals surface area contributed by atoms with E-state index in [0.29, 0.717) is 16.9 Å². The highest BCUT2D eigenvalue weighted by Crippen LogP contribution is 2.34. The van der Waals surface area contributed by atoms with Crippen LogP contribution in [0.3, 0.4) is 0 Å². The van der Waals surface area contributed by atoms with Crippen LogP contribution < -0.4 is 4.74 Å². The summed E-state index contributed by atoms with van der Waals surface area (Å²) in [5.41, 5.74) is 3.21. The average Bonchev–Trinajstić information content (AvgIpc) is 2.86. The van der Waals surface area contributed by atoms with Gasteiger partial charge in [-0.2, -0.15) is 11.3 Å².